The number of nitrogens with zero attached hydrogens (tertiary/aromatic N) is 1. The average Bonchev–Trinajstić information content (AvgIpc) is 2.19. The SMILES string of the molecule is CC(=O)NC(Cn1ccc(C)cc1=O)C(=O)O. The second kappa shape index (κ2) is 5.29. The molecule has 6 nitrogen and oxygen atoms in total. The summed E-state index contributed by atoms with van der Waals surface area (Å²) in [5.74, 6) is -1.62. The van der Waals surface area contributed by atoms with Crippen molar-refractivity contribution >= 4 is 11.9 Å². The van der Waals surface area contributed by atoms with Crippen LogP contribution in [0.2, 0.25) is 0 Å². The van der Waals surface area contributed by atoms with Gasteiger partial charge in [-0.3, -0.25) is 9.59 Å². The molecule has 0 aromatic carbocycles. The van der Waals surface area contributed by atoms with Crippen molar-refractivity contribution in [2.24, 2.45) is 0 Å². The minimum Gasteiger partial charge on any atom is -0.480 e. The first-order valence-electron chi connectivity index (χ1n) is 5.07. The van der Waals surface area contributed by atoms with Gasteiger partial charge >= 0.3 is 5.97 Å². The van der Waals surface area contributed by atoms with E-state index < -0.39 is 17.9 Å². The number of aliphatic carboxylic acids is 1. The summed E-state index contributed by atoms with van der Waals surface area (Å²) in [5, 5.41) is 11.2. The highest BCUT2D eigenvalue weighted by molar-refractivity contribution is 5.81. The minimum atomic E-state index is -1.17. The predicted molar refractivity (Wildman–Crippen MR) is 60.7 cm³/mol. The largest absolute Gasteiger partial charge is 0.480 e. The fraction of sp³-hybridized carbons (Fsp3) is 0.364. The number of aromatic nitrogens is 1. The van der Waals surface area contributed by atoms with E-state index in [1.54, 1.807) is 13.0 Å². The molecule has 0 aliphatic heterocycles. The van der Waals surface area contributed by atoms with E-state index in [4.69, 9.17) is 5.11 Å². The quantitative estimate of drug-likeness (QED) is 0.756. The lowest BCUT2D eigenvalue weighted by Crippen LogP contribution is -2.44. The van der Waals surface area contributed by atoms with Gasteiger partial charge in [0.1, 0.15) is 6.04 Å². The number of hydrogen-bond acceptors (Lipinski definition) is 3. The van der Waals surface area contributed by atoms with Gasteiger partial charge in [0.25, 0.3) is 5.56 Å². The van der Waals surface area contributed by atoms with Gasteiger partial charge in [-0.15, -0.1) is 0 Å². The molecule has 0 fully saturated rings. The summed E-state index contributed by atoms with van der Waals surface area (Å²) in [6, 6.07) is 2.01. The fourth-order valence-corrected chi connectivity index (χ4v) is 1.39. The Bertz CT molecular complexity index is 492. The highest BCUT2D eigenvalue weighted by atomic mass is 16.4. The summed E-state index contributed by atoms with van der Waals surface area (Å²) in [4.78, 5) is 33.3. The van der Waals surface area contributed by atoms with Crippen molar-refractivity contribution in [3.05, 3.63) is 34.2 Å². The van der Waals surface area contributed by atoms with Gasteiger partial charge in [-0.05, 0) is 18.6 Å². The molecule has 1 rings (SSSR count). The molecule has 1 heterocycles. The molecular weight excluding hydrogens is 224 g/mol. The van der Waals surface area contributed by atoms with Gasteiger partial charge in [0.05, 0.1) is 6.54 Å². The maximum atomic E-state index is 11.5. The Balaban J connectivity index is 2.90. The Morgan fingerprint density at radius 2 is 2.18 bits per heavy atom. The molecule has 17 heavy (non-hydrogen) atoms. The Morgan fingerprint density at radius 1 is 1.53 bits per heavy atom. The lowest BCUT2D eigenvalue weighted by atomic mass is 10.2. The summed E-state index contributed by atoms with van der Waals surface area (Å²) < 4.78 is 1.25. The van der Waals surface area contributed by atoms with E-state index in [2.05, 4.69) is 5.32 Å². The van der Waals surface area contributed by atoms with E-state index in [1.165, 1.54) is 23.8 Å². The van der Waals surface area contributed by atoms with Crippen LogP contribution in [0.5, 0.6) is 0 Å². The van der Waals surface area contributed by atoms with Crippen LogP contribution in [-0.2, 0) is 16.1 Å². The standard InChI is InChI=1S/C11H14N2O4/c1-7-3-4-13(10(15)5-7)6-9(11(16)17)12-8(2)14/h3-5,9H,6H2,1-2H3,(H,12,14)(H,16,17). The van der Waals surface area contributed by atoms with Gasteiger partial charge in [-0.1, -0.05) is 0 Å². The zero-order valence-corrected chi connectivity index (χ0v) is 9.64. The first kappa shape index (κ1) is 13.0. The molecular formula is C11H14N2O4. The highest BCUT2D eigenvalue weighted by Crippen LogP contribution is 1.94. The fourth-order valence-electron chi connectivity index (χ4n) is 1.39. The molecule has 1 aromatic heterocycles. The molecule has 92 valence electrons. The first-order chi connectivity index (χ1) is 7.90. The maximum Gasteiger partial charge on any atom is 0.328 e. The highest BCUT2D eigenvalue weighted by Gasteiger charge is 2.19. The van der Waals surface area contributed by atoms with Crippen molar-refractivity contribution in [3.63, 3.8) is 0 Å². The number of rotatable bonds is 4. The summed E-state index contributed by atoms with van der Waals surface area (Å²) in [6.45, 7) is 2.91. The lowest BCUT2D eigenvalue weighted by Gasteiger charge is -2.14. The second-order valence-corrected chi connectivity index (χ2v) is 3.79. The van der Waals surface area contributed by atoms with Crippen molar-refractivity contribution < 1.29 is 14.7 Å². The average molecular weight is 238 g/mol. The zero-order chi connectivity index (χ0) is 13.0. The Hall–Kier alpha value is -2.11. The number of pyridine rings is 1. The van der Waals surface area contributed by atoms with Crippen molar-refractivity contribution in [1.29, 1.82) is 0 Å². The van der Waals surface area contributed by atoms with Crippen LogP contribution in [-0.4, -0.2) is 27.6 Å². The molecule has 0 aliphatic carbocycles. The molecule has 0 bridgehead atoms. The topological polar surface area (TPSA) is 88.4 Å². The monoisotopic (exact) mass is 238 g/mol. The van der Waals surface area contributed by atoms with Crippen LogP contribution in [0.15, 0.2) is 23.1 Å². The van der Waals surface area contributed by atoms with Crippen molar-refractivity contribution in [3.8, 4) is 0 Å². The van der Waals surface area contributed by atoms with Gasteiger partial charge in [-0.25, -0.2) is 4.79 Å². The number of aryl methyl sites for hydroxylation is 1. The van der Waals surface area contributed by atoms with Gasteiger partial charge in [-0.2, -0.15) is 0 Å². The Labute approximate surface area is 97.9 Å². The summed E-state index contributed by atoms with van der Waals surface area (Å²) in [5.41, 5.74) is 0.513. The normalized spacial score (nSPS) is 11.9. The summed E-state index contributed by atoms with van der Waals surface area (Å²) >= 11 is 0. The third-order valence-electron chi connectivity index (χ3n) is 2.21. The molecule has 0 radical (unpaired) electrons. The number of carboxylic acid groups (broad SMARTS) is 1. The molecule has 1 aromatic rings. The number of nitrogens with one attached hydrogen (secondary N) is 1. The van der Waals surface area contributed by atoms with Crippen LogP contribution >= 0.6 is 0 Å². The molecule has 0 saturated heterocycles. The van der Waals surface area contributed by atoms with E-state index in [0.29, 0.717) is 0 Å². The molecule has 1 atom stereocenters. The number of carboxylic acids is 1. The van der Waals surface area contributed by atoms with Crippen LogP contribution < -0.4 is 10.9 Å². The van der Waals surface area contributed by atoms with Crippen LogP contribution in [0.25, 0.3) is 0 Å². The third kappa shape index (κ3) is 3.75. The van der Waals surface area contributed by atoms with Crippen molar-refractivity contribution in [1.82, 2.24) is 9.88 Å². The minimum absolute atomic E-state index is 0.0893. The van der Waals surface area contributed by atoms with Gasteiger partial charge in [0, 0.05) is 19.2 Å². The van der Waals surface area contributed by atoms with E-state index in [1.807, 2.05) is 0 Å². The first-order valence-corrected chi connectivity index (χ1v) is 5.07. The van der Waals surface area contributed by atoms with Crippen LogP contribution in [0, 0.1) is 6.92 Å². The number of carbonyl (C=O) groups excluding carboxylic acids is 1. The van der Waals surface area contributed by atoms with Gasteiger partial charge < -0.3 is 15.0 Å². The van der Waals surface area contributed by atoms with Gasteiger partial charge in [0.15, 0.2) is 0 Å². The lowest BCUT2D eigenvalue weighted by molar-refractivity contribution is -0.141. The van der Waals surface area contributed by atoms with E-state index in [0.717, 1.165) is 5.56 Å². The zero-order valence-electron chi connectivity index (χ0n) is 9.64. The molecule has 1 unspecified atom stereocenters. The van der Waals surface area contributed by atoms with Gasteiger partial charge in [0.2, 0.25) is 5.91 Å². The molecule has 2 N–H and O–H groups in total. The number of carbonyl (C=O) groups is 2. The third-order valence-corrected chi connectivity index (χ3v) is 2.21. The summed E-state index contributed by atoms with van der Waals surface area (Å²) in [6.07, 6.45) is 1.51. The van der Waals surface area contributed by atoms with E-state index >= 15 is 0 Å². The van der Waals surface area contributed by atoms with Crippen molar-refractivity contribution in [2.75, 3.05) is 0 Å². The Morgan fingerprint density at radius 3 is 2.65 bits per heavy atom. The molecule has 6 heteroatoms. The predicted octanol–water partition coefficient (Wildman–Crippen LogP) is -0.254. The van der Waals surface area contributed by atoms with Crippen molar-refractivity contribution in [2.45, 2.75) is 26.4 Å². The van der Waals surface area contributed by atoms with E-state index in [-0.39, 0.29) is 12.1 Å². The smallest absolute Gasteiger partial charge is 0.328 e. The Kier molecular flexibility index (Phi) is 4.03. The summed E-state index contributed by atoms with van der Waals surface area (Å²) in [7, 11) is 0. The van der Waals surface area contributed by atoms with E-state index in [9.17, 15) is 14.4 Å². The van der Waals surface area contributed by atoms with Crippen LogP contribution in [0.3, 0.4) is 0 Å². The number of hydrogen-bond donors (Lipinski definition) is 2. The molecule has 1 amide bonds. The molecule has 0 saturated carbocycles. The maximum absolute atomic E-state index is 11.5. The molecule has 0 aliphatic rings. The second-order valence-electron chi connectivity index (χ2n) is 3.79. The molecule has 0 spiro atoms. The number of amides is 1. The van der Waals surface area contributed by atoms with Crippen LogP contribution in [0.4, 0.5) is 0 Å². The van der Waals surface area contributed by atoms with Crippen LogP contribution in [0.1, 0.15) is 12.5 Å².